The van der Waals surface area contributed by atoms with Gasteiger partial charge >= 0.3 is 0 Å². The lowest BCUT2D eigenvalue weighted by atomic mass is 9.92. The van der Waals surface area contributed by atoms with E-state index in [1.807, 2.05) is 18.2 Å². The first-order valence-corrected chi connectivity index (χ1v) is 12.0. The molecule has 7 nitrogen and oxygen atoms in total. The molecule has 2 aliphatic heterocycles. The summed E-state index contributed by atoms with van der Waals surface area (Å²) in [6, 6.07) is 10.2. The summed E-state index contributed by atoms with van der Waals surface area (Å²) >= 11 is 0. The number of aromatic nitrogens is 2. The van der Waals surface area contributed by atoms with Crippen LogP contribution in [0.25, 0.3) is 10.9 Å². The predicted molar refractivity (Wildman–Crippen MR) is 128 cm³/mol. The molecule has 2 aromatic carbocycles. The van der Waals surface area contributed by atoms with E-state index in [1.54, 1.807) is 18.3 Å². The predicted octanol–water partition coefficient (Wildman–Crippen LogP) is 4.64. The number of Topliss-reactive ketones (excluding diaryl/α,β-unsaturated/α-hetero) is 1. The molecule has 34 heavy (non-hydrogen) atoms. The Balaban J connectivity index is 1.34. The van der Waals surface area contributed by atoms with Gasteiger partial charge in [0.15, 0.2) is 5.78 Å². The van der Waals surface area contributed by atoms with Gasteiger partial charge in [-0.1, -0.05) is 12.1 Å². The summed E-state index contributed by atoms with van der Waals surface area (Å²) in [6.07, 6.45) is 5.78. The lowest BCUT2D eigenvalue weighted by Crippen LogP contribution is -2.34. The lowest BCUT2D eigenvalue weighted by molar-refractivity contribution is 0.0600. The van der Waals surface area contributed by atoms with Gasteiger partial charge in [-0.25, -0.2) is 14.4 Å². The van der Waals surface area contributed by atoms with E-state index in [1.165, 1.54) is 6.07 Å². The van der Waals surface area contributed by atoms with Crippen molar-refractivity contribution >= 4 is 28.3 Å². The van der Waals surface area contributed by atoms with Gasteiger partial charge in [0, 0.05) is 36.9 Å². The molecule has 0 saturated carbocycles. The topological polar surface area (TPSA) is 85.4 Å². The van der Waals surface area contributed by atoms with Gasteiger partial charge in [-0.15, -0.1) is 0 Å². The highest BCUT2D eigenvalue weighted by molar-refractivity contribution is 5.97. The van der Waals surface area contributed by atoms with Crippen LogP contribution in [0.1, 0.15) is 42.5 Å². The summed E-state index contributed by atoms with van der Waals surface area (Å²) in [5, 5.41) is 7.35. The molecule has 3 heterocycles. The van der Waals surface area contributed by atoms with Crippen LogP contribution in [-0.2, 0) is 4.74 Å². The van der Waals surface area contributed by atoms with Crippen LogP contribution in [-0.4, -0.2) is 48.2 Å². The average Bonchev–Trinajstić information content (AvgIpc) is 2.87. The minimum Gasteiger partial charge on any atom is -0.488 e. The van der Waals surface area contributed by atoms with Crippen molar-refractivity contribution in [1.82, 2.24) is 15.3 Å². The fourth-order valence-electron chi connectivity index (χ4n) is 4.55. The van der Waals surface area contributed by atoms with Crippen LogP contribution in [0.3, 0.4) is 0 Å². The van der Waals surface area contributed by atoms with E-state index in [9.17, 15) is 9.18 Å². The fourth-order valence-corrected chi connectivity index (χ4v) is 4.55. The van der Waals surface area contributed by atoms with Gasteiger partial charge in [0.05, 0.1) is 5.56 Å². The van der Waals surface area contributed by atoms with E-state index in [2.05, 4.69) is 20.6 Å². The normalized spacial score (nSPS) is 17.6. The first kappa shape index (κ1) is 22.7. The molecule has 0 atom stereocenters. The second-order valence-electron chi connectivity index (χ2n) is 8.96. The molecule has 3 aromatic rings. The van der Waals surface area contributed by atoms with Crippen molar-refractivity contribution in [1.29, 1.82) is 0 Å². The summed E-state index contributed by atoms with van der Waals surface area (Å²) in [5.41, 5.74) is 1.37. The Kier molecular flexibility index (Phi) is 6.97. The number of nitrogens with one attached hydrogen (secondary N) is 2. The van der Waals surface area contributed by atoms with E-state index in [0.717, 1.165) is 55.4 Å². The first-order valence-electron chi connectivity index (χ1n) is 12.0. The van der Waals surface area contributed by atoms with E-state index in [-0.39, 0.29) is 23.4 Å². The SMILES string of the molecule is O=C(CC1CCOCC1)c1cc(Nc2ncc3cccc(OC4CCNCC4)c3n2)ccc1F. The van der Waals surface area contributed by atoms with Crippen LogP contribution in [0.15, 0.2) is 42.6 Å². The Morgan fingerprint density at radius 2 is 1.97 bits per heavy atom. The summed E-state index contributed by atoms with van der Waals surface area (Å²) in [5.74, 6) is 0.619. The van der Waals surface area contributed by atoms with Crippen LogP contribution in [0.5, 0.6) is 5.75 Å². The molecule has 0 spiro atoms. The maximum absolute atomic E-state index is 14.5. The van der Waals surface area contributed by atoms with Crippen LogP contribution >= 0.6 is 0 Å². The summed E-state index contributed by atoms with van der Waals surface area (Å²) in [6.45, 7) is 3.20. The van der Waals surface area contributed by atoms with Gasteiger partial charge in [0.2, 0.25) is 5.95 Å². The molecule has 178 valence electrons. The molecule has 1 aromatic heterocycles. The van der Waals surface area contributed by atoms with Gasteiger partial charge in [0.25, 0.3) is 0 Å². The van der Waals surface area contributed by atoms with Crippen LogP contribution < -0.4 is 15.4 Å². The number of carbonyl (C=O) groups is 1. The molecule has 0 aliphatic carbocycles. The molecule has 2 saturated heterocycles. The smallest absolute Gasteiger partial charge is 0.227 e. The molecule has 2 fully saturated rings. The van der Waals surface area contributed by atoms with Gasteiger partial charge in [-0.05, 0) is 69.0 Å². The number of ketones is 1. The monoisotopic (exact) mass is 464 g/mol. The van der Waals surface area contributed by atoms with E-state index in [4.69, 9.17) is 9.47 Å². The molecule has 0 radical (unpaired) electrons. The van der Waals surface area contributed by atoms with Crippen molar-refractivity contribution in [3.63, 3.8) is 0 Å². The third-order valence-electron chi connectivity index (χ3n) is 6.49. The number of nitrogens with zero attached hydrogens (tertiary/aromatic N) is 2. The zero-order valence-electron chi connectivity index (χ0n) is 19.1. The molecular weight excluding hydrogens is 435 g/mol. The Bertz CT molecular complexity index is 1160. The van der Waals surface area contributed by atoms with E-state index in [0.29, 0.717) is 31.3 Å². The molecule has 5 rings (SSSR count). The first-order chi connectivity index (χ1) is 16.7. The number of piperidine rings is 1. The Morgan fingerprint density at radius 1 is 1.15 bits per heavy atom. The van der Waals surface area contributed by atoms with Gasteiger partial charge in [-0.3, -0.25) is 4.79 Å². The highest BCUT2D eigenvalue weighted by Crippen LogP contribution is 2.28. The number of rotatable bonds is 7. The number of fused-ring (bicyclic) bond motifs is 1. The number of benzene rings is 2. The van der Waals surface area contributed by atoms with E-state index < -0.39 is 5.82 Å². The zero-order valence-corrected chi connectivity index (χ0v) is 19.1. The average molecular weight is 465 g/mol. The minimum atomic E-state index is -0.514. The van der Waals surface area contributed by atoms with Gasteiger partial charge in [0.1, 0.15) is 23.2 Å². The Hall–Kier alpha value is -3.10. The number of carbonyl (C=O) groups excluding carboxylic acids is 1. The van der Waals surface area contributed by atoms with Crippen molar-refractivity contribution in [3.8, 4) is 5.75 Å². The second kappa shape index (κ2) is 10.4. The summed E-state index contributed by atoms with van der Waals surface area (Å²) < 4.78 is 26.1. The molecule has 0 bridgehead atoms. The molecule has 0 unspecified atom stereocenters. The van der Waals surface area contributed by atoms with Crippen molar-refractivity contribution in [2.24, 2.45) is 5.92 Å². The largest absolute Gasteiger partial charge is 0.488 e. The highest BCUT2D eigenvalue weighted by atomic mass is 19.1. The maximum atomic E-state index is 14.5. The number of para-hydroxylation sites is 1. The van der Waals surface area contributed by atoms with Crippen LogP contribution in [0.2, 0.25) is 0 Å². The number of hydrogen-bond acceptors (Lipinski definition) is 7. The molecule has 2 N–H and O–H groups in total. The van der Waals surface area contributed by atoms with Crippen LogP contribution in [0.4, 0.5) is 16.0 Å². The quantitative estimate of drug-likeness (QED) is 0.493. The van der Waals surface area contributed by atoms with Crippen molar-refractivity contribution in [2.45, 2.75) is 38.2 Å². The number of hydrogen-bond donors (Lipinski definition) is 2. The van der Waals surface area contributed by atoms with Gasteiger partial charge < -0.3 is 20.1 Å². The fraction of sp³-hybridized carbons (Fsp3) is 0.423. The molecular formula is C26H29FN4O3. The summed E-state index contributed by atoms with van der Waals surface area (Å²) in [7, 11) is 0. The minimum absolute atomic E-state index is 0.0900. The lowest BCUT2D eigenvalue weighted by Gasteiger charge is -2.24. The highest BCUT2D eigenvalue weighted by Gasteiger charge is 2.21. The molecule has 2 aliphatic rings. The van der Waals surface area contributed by atoms with Crippen LogP contribution in [0, 0.1) is 11.7 Å². The van der Waals surface area contributed by atoms with Crippen molar-refractivity contribution < 1.29 is 18.7 Å². The van der Waals surface area contributed by atoms with Crippen molar-refractivity contribution in [3.05, 3.63) is 54.0 Å². The Morgan fingerprint density at radius 3 is 2.79 bits per heavy atom. The second-order valence-corrected chi connectivity index (χ2v) is 8.96. The van der Waals surface area contributed by atoms with E-state index >= 15 is 0 Å². The summed E-state index contributed by atoms with van der Waals surface area (Å²) in [4.78, 5) is 21.9. The maximum Gasteiger partial charge on any atom is 0.227 e. The third kappa shape index (κ3) is 5.34. The zero-order chi connectivity index (χ0) is 23.3. The Labute approximate surface area is 198 Å². The molecule has 8 heteroatoms. The number of anilines is 2. The van der Waals surface area contributed by atoms with Gasteiger partial charge in [-0.2, -0.15) is 0 Å². The standard InChI is InChI=1S/C26H29FN4O3/c27-22-5-4-19(15-21(22)23(32)14-17-8-12-33-13-9-17)30-26-29-16-18-2-1-3-24(25(18)31-26)34-20-6-10-28-11-7-20/h1-5,15-17,20,28H,6-14H2,(H,29,30,31). The third-order valence-corrected chi connectivity index (χ3v) is 6.49. The van der Waals surface area contributed by atoms with Crippen molar-refractivity contribution in [2.75, 3.05) is 31.6 Å². The molecule has 0 amide bonds. The number of halogens is 1. The number of ether oxygens (including phenoxy) is 2.